The van der Waals surface area contributed by atoms with Crippen LogP contribution in [0, 0.1) is 0 Å². The lowest BCUT2D eigenvalue weighted by atomic mass is 10.1. The number of quaternary nitrogens is 1. The van der Waals surface area contributed by atoms with Crippen molar-refractivity contribution in [3.05, 3.63) is 12.2 Å². The van der Waals surface area contributed by atoms with Crippen LogP contribution in [-0.2, 0) is 14.6 Å². The Balaban J connectivity index is 0. The van der Waals surface area contributed by atoms with Crippen LogP contribution in [0.1, 0.15) is 111 Å². The van der Waals surface area contributed by atoms with Crippen LogP contribution in [0.5, 0.6) is 0 Å². The highest BCUT2D eigenvalue weighted by Crippen LogP contribution is 2.10. The van der Waals surface area contributed by atoms with Crippen molar-refractivity contribution < 1.29 is 21.6 Å². The fraction of sp³-hybridized carbons (Fsp3) is 0.917. The Morgan fingerprint density at radius 3 is 1.53 bits per heavy atom. The van der Waals surface area contributed by atoms with E-state index in [1.807, 2.05) is 0 Å². The van der Waals surface area contributed by atoms with Crippen molar-refractivity contribution in [2.75, 3.05) is 33.8 Å². The lowest BCUT2D eigenvalue weighted by molar-refractivity contribution is -0.888. The first-order chi connectivity index (χ1) is 14.2. The van der Waals surface area contributed by atoms with Crippen molar-refractivity contribution >= 4 is 10.4 Å². The van der Waals surface area contributed by atoms with E-state index in [4.69, 9.17) is 0 Å². The minimum atomic E-state index is -4.42. The van der Waals surface area contributed by atoms with Crippen LogP contribution in [0.4, 0.5) is 0 Å². The van der Waals surface area contributed by atoms with E-state index in [1.165, 1.54) is 114 Å². The predicted molar refractivity (Wildman–Crippen MR) is 128 cm³/mol. The van der Waals surface area contributed by atoms with Gasteiger partial charge < -0.3 is 9.04 Å². The lowest BCUT2D eigenvalue weighted by Gasteiger charge is -2.28. The van der Waals surface area contributed by atoms with E-state index in [9.17, 15) is 13.0 Å². The van der Waals surface area contributed by atoms with Crippen LogP contribution in [0.15, 0.2) is 12.2 Å². The van der Waals surface area contributed by atoms with Crippen LogP contribution in [0.3, 0.4) is 0 Å². The summed E-state index contributed by atoms with van der Waals surface area (Å²) >= 11 is 0. The molecule has 0 aliphatic carbocycles. The smallest absolute Gasteiger partial charge is 0.217 e. The van der Waals surface area contributed by atoms with Crippen molar-refractivity contribution in [3.63, 3.8) is 0 Å². The van der Waals surface area contributed by atoms with E-state index in [-0.39, 0.29) is 6.61 Å². The summed E-state index contributed by atoms with van der Waals surface area (Å²) < 4.78 is 33.2. The number of allylic oxidation sites excluding steroid dienone is 2. The zero-order chi connectivity index (χ0) is 23.1. The summed E-state index contributed by atoms with van der Waals surface area (Å²) in [6, 6.07) is 0. The highest BCUT2D eigenvalue weighted by Gasteiger charge is 2.09. The van der Waals surface area contributed by atoms with Gasteiger partial charge in [-0.2, -0.15) is 0 Å². The van der Waals surface area contributed by atoms with Gasteiger partial charge in [0.05, 0.1) is 33.8 Å². The summed E-state index contributed by atoms with van der Waals surface area (Å²) in [7, 11) is 0.265. The topological polar surface area (TPSA) is 66.4 Å². The number of hydrogen-bond acceptors (Lipinski definition) is 4. The molecule has 0 radical (unpaired) electrons. The molecule has 0 unspecified atom stereocenters. The molecular formula is C24H51NO4S. The molecule has 182 valence electrons. The van der Waals surface area contributed by atoms with Crippen LogP contribution in [-0.4, -0.2) is 51.2 Å². The van der Waals surface area contributed by atoms with E-state index < -0.39 is 10.4 Å². The summed E-state index contributed by atoms with van der Waals surface area (Å²) in [5.41, 5.74) is 0. The molecule has 30 heavy (non-hydrogen) atoms. The van der Waals surface area contributed by atoms with E-state index >= 15 is 0 Å². The summed E-state index contributed by atoms with van der Waals surface area (Å²) in [6.07, 6.45) is 24.4. The molecule has 0 aromatic carbocycles. The summed E-state index contributed by atoms with van der Waals surface area (Å²) in [5.74, 6) is 0. The highest BCUT2D eigenvalue weighted by atomic mass is 32.3. The molecule has 0 aromatic rings. The molecule has 0 aliphatic rings. The van der Waals surface area contributed by atoms with Crippen LogP contribution < -0.4 is 0 Å². The Labute approximate surface area is 188 Å². The molecule has 0 fully saturated rings. The SMILES string of the molecule is CCCCCCCC/C=C\CCCCCCCC[N+](C)(C)CC.CCOS(=O)(=O)[O-]. The summed E-state index contributed by atoms with van der Waals surface area (Å²) in [4.78, 5) is 0. The van der Waals surface area contributed by atoms with Crippen molar-refractivity contribution in [3.8, 4) is 0 Å². The van der Waals surface area contributed by atoms with Crippen LogP contribution >= 0.6 is 0 Å². The zero-order valence-electron chi connectivity index (χ0n) is 20.7. The number of unbranched alkanes of at least 4 members (excludes halogenated alkanes) is 12. The number of hydrogen-bond donors (Lipinski definition) is 0. The molecule has 5 nitrogen and oxygen atoms in total. The Morgan fingerprint density at radius 1 is 0.733 bits per heavy atom. The van der Waals surface area contributed by atoms with Gasteiger partial charge in [0.1, 0.15) is 0 Å². The Bertz CT molecular complexity index is 476. The number of rotatable bonds is 19. The second-order valence-electron chi connectivity index (χ2n) is 8.73. The molecule has 0 rings (SSSR count). The zero-order valence-corrected chi connectivity index (χ0v) is 21.5. The molecular weight excluding hydrogens is 398 g/mol. The van der Waals surface area contributed by atoms with Gasteiger partial charge in [-0.3, -0.25) is 4.18 Å². The van der Waals surface area contributed by atoms with Gasteiger partial charge in [0.15, 0.2) is 0 Å². The van der Waals surface area contributed by atoms with Crippen LogP contribution in [0.25, 0.3) is 0 Å². The minimum Gasteiger partial charge on any atom is -0.726 e. The third-order valence-electron chi connectivity index (χ3n) is 5.39. The molecule has 0 atom stereocenters. The summed E-state index contributed by atoms with van der Waals surface area (Å²) in [6.45, 7) is 8.51. The largest absolute Gasteiger partial charge is 0.726 e. The molecule has 6 heteroatoms. The van der Waals surface area contributed by atoms with Gasteiger partial charge >= 0.3 is 0 Å². The summed E-state index contributed by atoms with van der Waals surface area (Å²) in [5, 5.41) is 0. The van der Waals surface area contributed by atoms with Gasteiger partial charge in [-0.1, -0.05) is 70.4 Å². The molecule has 0 spiro atoms. The second kappa shape index (κ2) is 21.8. The minimum absolute atomic E-state index is 0.0914. The van der Waals surface area contributed by atoms with E-state index in [0.29, 0.717) is 0 Å². The molecule has 0 saturated heterocycles. The first-order valence-electron chi connectivity index (χ1n) is 12.3. The maximum atomic E-state index is 9.45. The fourth-order valence-electron chi connectivity index (χ4n) is 3.09. The van der Waals surface area contributed by atoms with Crippen LogP contribution in [0.2, 0.25) is 0 Å². The van der Waals surface area contributed by atoms with Crippen molar-refractivity contribution in [2.45, 2.75) is 111 Å². The standard InChI is InChI=1S/C22H46N.C2H6O4S/c1-5-7-8-9-10-11-12-13-14-15-16-17-18-19-20-21-22-23(3,4)6-2;1-2-6-7(3,4)5/h13-14H,5-12,15-22H2,1-4H3;2H2,1H3,(H,3,4,5)/q+1;/p-1/b14-13-;. The maximum Gasteiger partial charge on any atom is 0.217 e. The molecule has 0 saturated carbocycles. The van der Waals surface area contributed by atoms with Crippen molar-refractivity contribution in [1.29, 1.82) is 0 Å². The molecule has 0 heterocycles. The second-order valence-corrected chi connectivity index (χ2v) is 9.78. The molecule has 0 amide bonds. The van der Waals surface area contributed by atoms with E-state index in [0.717, 1.165) is 0 Å². The lowest BCUT2D eigenvalue weighted by Crippen LogP contribution is -2.39. The van der Waals surface area contributed by atoms with Gasteiger partial charge in [-0.05, 0) is 52.4 Å². The Morgan fingerprint density at radius 2 is 1.17 bits per heavy atom. The quantitative estimate of drug-likeness (QED) is 0.0732. The predicted octanol–water partition coefficient (Wildman–Crippen LogP) is 6.60. The maximum absolute atomic E-state index is 9.45. The molecule has 0 aromatic heterocycles. The molecule has 0 bridgehead atoms. The third kappa shape index (κ3) is 29.8. The average Bonchev–Trinajstić information content (AvgIpc) is 2.67. The van der Waals surface area contributed by atoms with E-state index in [1.54, 1.807) is 0 Å². The highest BCUT2D eigenvalue weighted by molar-refractivity contribution is 7.80. The average molecular weight is 450 g/mol. The van der Waals surface area contributed by atoms with Crippen molar-refractivity contribution in [1.82, 2.24) is 0 Å². The normalized spacial score (nSPS) is 12.2. The van der Waals surface area contributed by atoms with Gasteiger partial charge in [0.25, 0.3) is 0 Å². The van der Waals surface area contributed by atoms with Gasteiger partial charge in [-0.15, -0.1) is 0 Å². The first-order valence-corrected chi connectivity index (χ1v) is 13.6. The Kier molecular flexibility index (Phi) is 23.1. The van der Waals surface area contributed by atoms with Gasteiger partial charge in [0.2, 0.25) is 10.4 Å². The number of nitrogens with zero attached hydrogens (tertiary/aromatic N) is 1. The molecule has 0 aliphatic heterocycles. The first kappa shape index (κ1) is 31.8. The fourth-order valence-corrected chi connectivity index (χ4v) is 3.38. The van der Waals surface area contributed by atoms with E-state index in [2.05, 4.69) is 44.3 Å². The van der Waals surface area contributed by atoms with Gasteiger partial charge in [0, 0.05) is 0 Å². The molecule has 0 N–H and O–H groups in total. The van der Waals surface area contributed by atoms with Crippen molar-refractivity contribution in [2.24, 2.45) is 0 Å². The Hall–Kier alpha value is -0.430. The monoisotopic (exact) mass is 449 g/mol. The third-order valence-corrected chi connectivity index (χ3v) is 5.92. The van der Waals surface area contributed by atoms with Gasteiger partial charge in [-0.25, -0.2) is 8.42 Å².